The van der Waals surface area contributed by atoms with Gasteiger partial charge in [0.25, 0.3) is 0 Å². The van der Waals surface area contributed by atoms with Gasteiger partial charge in [-0.25, -0.2) is 0 Å². The van der Waals surface area contributed by atoms with E-state index < -0.39 is 0 Å². The molecule has 0 bridgehead atoms. The number of nitrogens with one attached hydrogen (secondary N) is 1. The summed E-state index contributed by atoms with van der Waals surface area (Å²) in [4.78, 5) is 4.51. The number of rotatable bonds is 5. The van der Waals surface area contributed by atoms with Crippen LogP contribution in [0.15, 0.2) is 53.5 Å². The van der Waals surface area contributed by atoms with Crippen LogP contribution in [0.3, 0.4) is 0 Å². The van der Waals surface area contributed by atoms with Crippen molar-refractivity contribution in [2.75, 3.05) is 25.1 Å². The molecule has 1 atom stereocenters. The summed E-state index contributed by atoms with van der Waals surface area (Å²) in [6.45, 7) is 4.17. The van der Waals surface area contributed by atoms with Crippen LogP contribution in [0, 0.1) is 0 Å². The summed E-state index contributed by atoms with van der Waals surface area (Å²) >= 11 is 0. The van der Waals surface area contributed by atoms with Gasteiger partial charge in [-0.15, -0.1) is 0 Å². The van der Waals surface area contributed by atoms with Gasteiger partial charge in [-0.05, 0) is 24.1 Å². The molecule has 0 saturated heterocycles. The molecule has 5 heteroatoms. The highest BCUT2D eigenvalue weighted by atomic mass is 16.5. The molecule has 5 nitrogen and oxygen atoms in total. The van der Waals surface area contributed by atoms with Gasteiger partial charge in [0.2, 0.25) is 0 Å². The number of guanidine groups is 1. The molecule has 0 fully saturated rings. The van der Waals surface area contributed by atoms with Crippen molar-refractivity contribution in [3.05, 3.63) is 54.1 Å². The molecule has 3 N–H and O–H groups in total. The van der Waals surface area contributed by atoms with E-state index in [0.29, 0.717) is 31.6 Å². The van der Waals surface area contributed by atoms with Crippen LogP contribution in [0.1, 0.15) is 31.2 Å². The van der Waals surface area contributed by atoms with E-state index in [2.05, 4.69) is 41.5 Å². The summed E-state index contributed by atoms with van der Waals surface area (Å²) in [5.74, 6) is 2.29. The molecule has 2 aromatic rings. The minimum Gasteiger partial charge on any atom is -0.490 e. The normalized spacial score (nSPS) is 15.3. The molecule has 0 saturated carbocycles. The number of fused-ring (bicyclic) bond motifs is 1. The summed E-state index contributed by atoms with van der Waals surface area (Å²) in [5, 5.41) is 3.14. The molecule has 0 amide bonds. The van der Waals surface area contributed by atoms with Gasteiger partial charge >= 0.3 is 0 Å². The zero-order chi connectivity index (χ0) is 17.5. The lowest BCUT2D eigenvalue weighted by atomic mass is 9.97. The van der Waals surface area contributed by atoms with Crippen LogP contribution >= 0.6 is 0 Å². The second kappa shape index (κ2) is 8.42. The molecule has 1 aliphatic heterocycles. The van der Waals surface area contributed by atoms with Gasteiger partial charge in [-0.3, -0.25) is 4.99 Å². The maximum atomic E-state index is 6.06. The fourth-order valence-electron chi connectivity index (χ4n) is 2.83. The fourth-order valence-corrected chi connectivity index (χ4v) is 2.83. The molecule has 25 heavy (non-hydrogen) atoms. The number of anilines is 1. The predicted octanol–water partition coefficient (Wildman–Crippen LogP) is 3.77. The molecule has 0 radical (unpaired) electrons. The first-order chi connectivity index (χ1) is 12.3. The molecule has 1 heterocycles. The molecular formula is C20H25N3O2. The Hall–Kier alpha value is -2.69. The highest BCUT2D eigenvalue weighted by Gasteiger charge is 2.11. The van der Waals surface area contributed by atoms with E-state index in [4.69, 9.17) is 15.2 Å². The third-order valence-electron chi connectivity index (χ3n) is 4.27. The molecule has 3 rings (SSSR count). The SMILES string of the molecule is CCC(CN=C(N)Nc1ccc2c(c1)OCCCO2)c1ccccc1. The molecule has 1 aliphatic rings. The Morgan fingerprint density at radius 3 is 2.64 bits per heavy atom. The van der Waals surface area contributed by atoms with Crippen molar-refractivity contribution in [3.8, 4) is 11.5 Å². The Bertz CT molecular complexity index is 716. The highest BCUT2D eigenvalue weighted by molar-refractivity contribution is 5.92. The maximum absolute atomic E-state index is 6.06. The van der Waals surface area contributed by atoms with Crippen LogP contribution < -0.4 is 20.5 Å². The van der Waals surface area contributed by atoms with E-state index >= 15 is 0 Å². The van der Waals surface area contributed by atoms with Crippen LogP contribution in [0.4, 0.5) is 5.69 Å². The number of nitrogens with zero attached hydrogens (tertiary/aromatic N) is 1. The van der Waals surface area contributed by atoms with Crippen LogP contribution in [0.2, 0.25) is 0 Å². The summed E-state index contributed by atoms with van der Waals surface area (Å²) in [7, 11) is 0. The number of nitrogens with two attached hydrogens (primary N) is 1. The second-order valence-corrected chi connectivity index (χ2v) is 6.08. The average molecular weight is 339 g/mol. The molecule has 0 spiro atoms. The minimum atomic E-state index is 0.366. The highest BCUT2D eigenvalue weighted by Crippen LogP contribution is 2.32. The van der Waals surface area contributed by atoms with Gasteiger partial charge in [0.05, 0.1) is 13.2 Å². The van der Waals surface area contributed by atoms with Crippen LogP contribution in [0.25, 0.3) is 0 Å². The summed E-state index contributed by atoms with van der Waals surface area (Å²) in [6, 6.07) is 16.1. The van der Waals surface area contributed by atoms with Gasteiger partial charge in [-0.2, -0.15) is 0 Å². The average Bonchev–Trinajstić information content (AvgIpc) is 2.88. The molecular weight excluding hydrogens is 314 g/mol. The number of aliphatic imine (C=N–C) groups is 1. The Morgan fingerprint density at radius 1 is 1.12 bits per heavy atom. The number of hydrogen-bond acceptors (Lipinski definition) is 3. The Balaban J connectivity index is 1.64. The molecule has 2 aromatic carbocycles. The number of benzene rings is 2. The van der Waals surface area contributed by atoms with Crippen LogP contribution in [0.5, 0.6) is 11.5 Å². The van der Waals surface area contributed by atoms with E-state index in [1.807, 2.05) is 24.3 Å². The summed E-state index contributed by atoms with van der Waals surface area (Å²) in [5.41, 5.74) is 8.20. The zero-order valence-corrected chi connectivity index (χ0v) is 14.6. The third-order valence-corrected chi connectivity index (χ3v) is 4.27. The van der Waals surface area contributed by atoms with E-state index in [1.165, 1.54) is 5.56 Å². The van der Waals surface area contributed by atoms with Crippen molar-refractivity contribution in [1.29, 1.82) is 0 Å². The molecule has 132 valence electrons. The standard InChI is InChI=1S/C20H25N3O2/c1-2-15(16-7-4-3-5-8-16)14-22-20(21)23-17-9-10-18-19(13-17)25-12-6-11-24-18/h3-5,7-10,13,15H,2,6,11-12,14H2,1H3,(H3,21,22,23). The predicted molar refractivity (Wildman–Crippen MR) is 102 cm³/mol. The topological polar surface area (TPSA) is 68.9 Å². The number of ether oxygens (including phenoxy) is 2. The van der Waals surface area contributed by atoms with Gasteiger partial charge in [0, 0.05) is 30.6 Å². The lowest BCUT2D eigenvalue weighted by molar-refractivity contribution is 0.297. The van der Waals surface area contributed by atoms with Crippen molar-refractivity contribution in [3.63, 3.8) is 0 Å². The van der Waals surface area contributed by atoms with Gasteiger partial charge in [-0.1, -0.05) is 37.3 Å². The summed E-state index contributed by atoms with van der Waals surface area (Å²) in [6.07, 6.45) is 1.91. The Morgan fingerprint density at radius 2 is 1.88 bits per heavy atom. The van der Waals surface area contributed by atoms with Crippen molar-refractivity contribution < 1.29 is 9.47 Å². The minimum absolute atomic E-state index is 0.366. The first kappa shape index (κ1) is 17.1. The zero-order valence-electron chi connectivity index (χ0n) is 14.6. The van der Waals surface area contributed by atoms with Gasteiger partial charge < -0.3 is 20.5 Å². The van der Waals surface area contributed by atoms with Crippen molar-refractivity contribution in [2.24, 2.45) is 10.7 Å². The molecule has 0 aromatic heterocycles. The van der Waals surface area contributed by atoms with Crippen molar-refractivity contribution in [2.45, 2.75) is 25.7 Å². The van der Waals surface area contributed by atoms with E-state index in [9.17, 15) is 0 Å². The summed E-state index contributed by atoms with van der Waals surface area (Å²) < 4.78 is 11.3. The first-order valence-electron chi connectivity index (χ1n) is 8.78. The van der Waals surface area contributed by atoms with Gasteiger partial charge in [0.1, 0.15) is 0 Å². The van der Waals surface area contributed by atoms with Gasteiger partial charge in [0.15, 0.2) is 17.5 Å². The molecule has 1 unspecified atom stereocenters. The van der Waals surface area contributed by atoms with E-state index in [-0.39, 0.29) is 0 Å². The van der Waals surface area contributed by atoms with E-state index in [0.717, 1.165) is 30.0 Å². The Kier molecular flexibility index (Phi) is 5.77. The van der Waals surface area contributed by atoms with Crippen molar-refractivity contribution >= 4 is 11.6 Å². The number of hydrogen-bond donors (Lipinski definition) is 2. The fraction of sp³-hybridized carbons (Fsp3) is 0.350. The second-order valence-electron chi connectivity index (χ2n) is 6.08. The lowest BCUT2D eigenvalue weighted by Gasteiger charge is -2.14. The molecule has 0 aliphatic carbocycles. The monoisotopic (exact) mass is 339 g/mol. The smallest absolute Gasteiger partial charge is 0.193 e. The largest absolute Gasteiger partial charge is 0.490 e. The Labute approximate surface area is 148 Å². The maximum Gasteiger partial charge on any atom is 0.193 e. The van der Waals surface area contributed by atoms with E-state index in [1.54, 1.807) is 0 Å². The van der Waals surface area contributed by atoms with Crippen molar-refractivity contribution in [1.82, 2.24) is 0 Å². The van der Waals surface area contributed by atoms with Crippen LogP contribution in [-0.2, 0) is 0 Å². The lowest BCUT2D eigenvalue weighted by Crippen LogP contribution is -2.23. The third kappa shape index (κ3) is 4.66. The quantitative estimate of drug-likeness (QED) is 0.643. The van der Waals surface area contributed by atoms with Crippen LogP contribution in [-0.4, -0.2) is 25.7 Å². The first-order valence-corrected chi connectivity index (χ1v) is 8.78.